The van der Waals surface area contributed by atoms with Crippen LogP contribution in [0.2, 0.25) is 0 Å². The molecule has 3 atom stereocenters. The maximum absolute atomic E-state index is 11.4. The molecule has 147 valence electrons. The first-order chi connectivity index (χ1) is 11.4. The van der Waals surface area contributed by atoms with Gasteiger partial charge in [-0.05, 0) is 26.1 Å². The number of nitrogens with zero attached hydrogens (tertiary/aromatic N) is 2. The summed E-state index contributed by atoms with van der Waals surface area (Å²) in [5, 5.41) is 20.2. The van der Waals surface area contributed by atoms with Gasteiger partial charge in [-0.1, -0.05) is 11.6 Å². The number of carboxylic acids is 1. The van der Waals surface area contributed by atoms with Gasteiger partial charge in [0.15, 0.2) is 0 Å². The molecular formula is C17H23LrN2O3S2-. The van der Waals surface area contributed by atoms with E-state index in [0.717, 1.165) is 21.9 Å². The molecule has 0 saturated heterocycles. The number of carboxylic acid groups (broad SMARTS) is 1. The largest absolute Gasteiger partial charge is 0.507 e. The number of rotatable bonds is 7. The van der Waals surface area contributed by atoms with Gasteiger partial charge in [0.1, 0.15) is 16.8 Å². The van der Waals surface area contributed by atoms with E-state index in [4.69, 9.17) is 4.99 Å². The first-order valence-electron chi connectivity index (χ1n) is 7.74. The number of hydrogen-bond donors (Lipinski definition) is 3. The Hall–Kier alpha value is -2.18. The van der Waals surface area contributed by atoms with Gasteiger partial charge in [0.25, 0.3) is 0 Å². The molecule has 0 bridgehead atoms. The first kappa shape index (κ1) is 20.9. The van der Waals surface area contributed by atoms with Crippen molar-refractivity contribution in [1.29, 1.82) is 0 Å². The predicted molar refractivity (Wildman–Crippen MR) is 102 cm³/mol. The average molecular weight is 630 g/mol. The zero-order valence-corrected chi connectivity index (χ0v) is 18.0. The van der Waals surface area contributed by atoms with Gasteiger partial charge in [0, 0.05) is 23.1 Å². The second-order valence-corrected chi connectivity index (χ2v) is 7.27. The number of aliphatic carboxylic acids is 1. The van der Waals surface area contributed by atoms with Crippen LogP contribution >= 0.6 is 24.4 Å². The summed E-state index contributed by atoms with van der Waals surface area (Å²) in [6, 6.07) is 4.63. The zero-order chi connectivity index (χ0) is 17.9. The molecule has 0 aromatic heterocycles. The summed E-state index contributed by atoms with van der Waals surface area (Å²) in [7, 11) is 1.78. The number of benzene rings is 1. The molecule has 2 N–H and O–H groups in total. The molecule has 1 aliphatic rings. The number of thiol groups is 1. The van der Waals surface area contributed by atoms with Gasteiger partial charge in [0.05, 0.1) is 6.04 Å². The number of hydrogen-bond acceptors (Lipinski definition) is 6. The Labute approximate surface area is 152 Å². The fourth-order valence-electron chi connectivity index (χ4n) is 2.83. The second-order valence-electron chi connectivity index (χ2n) is 5.89. The van der Waals surface area contributed by atoms with Crippen molar-refractivity contribution >= 4 is 35.4 Å². The van der Waals surface area contributed by atoms with E-state index in [2.05, 4.69) is 19.6 Å². The van der Waals surface area contributed by atoms with Crippen LogP contribution in [0.15, 0.2) is 23.2 Å². The Balaban J connectivity index is 0.00000312. The monoisotopic (exact) mass is 629 g/mol. The van der Waals surface area contributed by atoms with Crippen molar-refractivity contribution in [3.63, 3.8) is 0 Å². The molecule has 0 fully saturated rings. The van der Waals surface area contributed by atoms with Gasteiger partial charge in [-0.25, -0.2) is 0 Å². The molecule has 0 amide bonds. The van der Waals surface area contributed by atoms with Crippen molar-refractivity contribution in [1.82, 2.24) is 4.90 Å². The fraction of sp³-hybridized carbons (Fsp3) is 0.471. The first-order valence-corrected chi connectivity index (χ1v) is 9.36. The van der Waals surface area contributed by atoms with Gasteiger partial charge in [-0.2, -0.15) is 19.0 Å². The van der Waals surface area contributed by atoms with Crippen LogP contribution in [0.25, 0.3) is 0 Å². The minimum Gasteiger partial charge on any atom is -0.507 e. The third-order valence-electron chi connectivity index (χ3n) is 4.27. The topological polar surface area (TPSA) is 73.1 Å². The third kappa shape index (κ3) is 4.46. The number of aryl methyl sites for hydroxylation is 1. The summed E-state index contributed by atoms with van der Waals surface area (Å²) in [5.41, 5.74) is 1.79. The molecule has 0 spiro atoms. The molecule has 0 saturated carbocycles. The summed E-state index contributed by atoms with van der Waals surface area (Å²) >= 11 is 5.74. The fourth-order valence-corrected chi connectivity index (χ4v) is 4.40. The molecule has 1 aromatic rings. The number of carbonyl (C=O) groups is 1. The van der Waals surface area contributed by atoms with Crippen molar-refractivity contribution in [2.45, 2.75) is 31.5 Å². The second kappa shape index (κ2) is 8.78. The molecule has 0 aliphatic carbocycles. The Morgan fingerprint density at radius 3 is 2.80 bits per heavy atom. The van der Waals surface area contributed by atoms with Crippen LogP contribution in [0.5, 0.6) is 5.75 Å². The van der Waals surface area contributed by atoms with E-state index < -0.39 is 12.0 Å². The van der Waals surface area contributed by atoms with Crippen molar-refractivity contribution in [2.24, 2.45) is 4.99 Å². The summed E-state index contributed by atoms with van der Waals surface area (Å²) < 4.78 is 0. The van der Waals surface area contributed by atoms with E-state index in [9.17, 15) is 15.0 Å². The SMILES string of the molecule is [CH2-]C[C@H]([C@H]1CSC(c2cc(C)ccc2O)=N1)N(C)[C@H](CS)C(=O)O.[Lr]. The Kier molecular flexibility index (Phi) is 7.33. The van der Waals surface area contributed by atoms with Gasteiger partial charge in [0.2, 0.25) is 0 Å². The molecule has 5 nitrogen and oxygen atoms in total. The average Bonchev–Trinajstić information content (AvgIpc) is 3.00. The van der Waals surface area contributed by atoms with E-state index >= 15 is 0 Å². The van der Waals surface area contributed by atoms with Gasteiger partial charge < -0.3 is 17.1 Å². The van der Waals surface area contributed by atoms with Gasteiger partial charge in [-0.3, -0.25) is 14.7 Å². The van der Waals surface area contributed by atoms with Gasteiger partial charge >= 0.3 is 5.97 Å². The molecule has 2 rings (SSSR count). The number of thioether (sulfide) groups is 1. The van der Waals surface area contributed by atoms with Gasteiger partial charge in [-0.15, -0.1) is 11.8 Å². The number of phenols is 1. The maximum Gasteiger partial charge on any atom is 0.321 e. The molecule has 1 aromatic carbocycles. The van der Waals surface area contributed by atoms with Crippen LogP contribution < -0.4 is 0 Å². The van der Waals surface area contributed by atoms with E-state index in [1.54, 1.807) is 29.8 Å². The molecule has 25 heavy (non-hydrogen) atoms. The molecule has 0 unspecified atom stereocenters. The predicted octanol–water partition coefficient (Wildman–Crippen LogP) is 2.47. The molecule has 8 heteroatoms. The zero-order valence-electron chi connectivity index (χ0n) is 14.1. The number of phenolic OH excluding ortho intramolecular Hbond substituents is 1. The van der Waals surface area contributed by atoms with E-state index in [0.29, 0.717) is 6.42 Å². The standard InChI is InChI=1S/C17H23N2O3S2.Lr/c1-4-13(19(3)14(8-23)17(21)22)12-9-24-16(18-12)11-7-10(2)5-6-15(11)20;/h5-7,12-14,20,23H,1,4,8-9H2,2-3H3,(H,21,22);/q-1;/t12-,13-,14-;/m1./s1. The minimum atomic E-state index is -0.892. The maximum atomic E-state index is 11.4. The molecule has 1 radical (unpaired) electrons. The van der Waals surface area contributed by atoms with E-state index in [1.807, 2.05) is 19.1 Å². The quantitative estimate of drug-likeness (QED) is 0.320. The van der Waals surface area contributed by atoms with Crippen molar-refractivity contribution in [3.05, 3.63) is 36.2 Å². The van der Waals surface area contributed by atoms with Crippen LogP contribution in [0, 0.1) is 13.8 Å². The molecule has 1 aliphatic heterocycles. The van der Waals surface area contributed by atoms with E-state index in [-0.39, 0.29) is 23.6 Å². The Morgan fingerprint density at radius 1 is 1.56 bits per heavy atom. The van der Waals surface area contributed by atoms with Crippen LogP contribution in [0.1, 0.15) is 17.5 Å². The number of aromatic hydroxyl groups is 1. The summed E-state index contributed by atoms with van der Waals surface area (Å²) in [5.74, 6) is 0.298. The van der Waals surface area contributed by atoms with Crippen LogP contribution in [-0.4, -0.2) is 62.8 Å². The summed E-state index contributed by atoms with van der Waals surface area (Å²) in [6.07, 6.45) is 0.551. The van der Waals surface area contributed by atoms with Crippen LogP contribution in [0.4, 0.5) is 0 Å². The van der Waals surface area contributed by atoms with Crippen LogP contribution in [-0.2, 0) is 4.79 Å². The molecule has 1 heterocycles. The third-order valence-corrected chi connectivity index (χ3v) is 5.72. The smallest absolute Gasteiger partial charge is 0.321 e. The minimum absolute atomic E-state index is 0. The normalized spacial score (nSPS) is 19.2. The summed E-state index contributed by atoms with van der Waals surface area (Å²) in [4.78, 5) is 17.9. The Morgan fingerprint density at radius 2 is 2.24 bits per heavy atom. The van der Waals surface area contributed by atoms with Crippen LogP contribution in [0.3, 0.4) is 0 Å². The van der Waals surface area contributed by atoms with E-state index in [1.165, 1.54) is 0 Å². The van der Waals surface area contributed by atoms with Crippen molar-refractivity contribution < 1.29 is 15.0 Å². The summed E-state index contributed by atoms with van der Waals surface area (Å²) in [6.45, 7) is 5.94. The number of likely N-dealkylation sites (N-methyl/N-ethyl adjacent to an activating group) is 1. The van der Waals surface area contributed by atoms with Crippen molar-refractivity contribution in [3.8, 4) is 5.75 Å². The molecular weight excluding hydrogens is 606 g/mol. The Bertz CT molecular complexity index is 642. The number of aliphatic imine (C=N–C) groups is 1. The van der Waals surface area contributed by atoms with Crippen molar-refractivity contribution in [2.75, 3.05) is 18.6 Å².